The van der Waals surface area contributed by atoms with Crippen molar-refractivity contribution in [3.63, 3.8) is 0 Å². The molecule has 1 aromatic carbocycles. The van der Waals surface area contributed by atoms with Gasteiger partial charge in [-0.15, -0.1) is 0 Å². The Hall–Kier alpha value is -1.85. The van der Waals surface area contributed by atoms with Gasteiger partial charge in [0.1, 0.15) is 5.60 Å². The Bertz CT molecular complexity index is 727. The van der Waals surface area contributed by atoms with Crippen LogP contribution in [0.15, 0.2) is 65.3 Å². The standard InChI is InChI=1S/C23H32O.3CO.Cr/c1-5-11-19-16-20(12-6-2)18-23(24-4,22(17-19)13-7-3)21-14-9-8-10-15-21;3*1-2;/h8-10,14-18H,5-7,11-13H2,1-4H3;;;;. The van der Waals surface area contributed by atoms with E-state index in [4.69, 9.17) is 18.7 Å². The van der Waals surface area contributed by atoms with Crippen molar-refractivity contribution < 1.29 is 36.1 Å². The Morgan fingerprint density at radius 3 is 1.68 bits per heavy atom. The van der Waals surface area contributed by atoms with Gasteiger partial charge in [0.2, 0.25) is 0 Å². The van der Waals surface area contributed by atoms with Crippen molar-refractivity contribution in [3.05, 3.63) is 90.8 Å². The first-order valence-corrected chi connectivity index (χ1v) is 10.0. The molecule has 1 aliphatic carbocycles. The first kappa shape index (κ1) is 33.8. The minimum Gasteiger partial charge on any atom is 0 e. The number of allylic oxidation sites excluding steroid dienone is 4. The van der Waals surface area contributed by atoms with Crippen LogP contribution < -0.4 is 0 Å². The average molecular weight is 461 g/mol. The topological polar surface area (TPSA) is 68.9 Å². The van der Waals surface area contributed by atoms with E-state index < -0.39 is 5.60 Å². The first-order chi connectivity index (χ1) is 14.7. The van der Waals surface area contributed by atoms with Gasteiger partial charge in [0.25, 0.3) is 0 Å². The van der Waals surface area contributed by atoms with Crippen LogP contribution in [0.2, 0.25) is 0 Å². The Morgan fingerprint density at radius 2 is 1.23 bits per heavy atom. The Balaban J connectivity index is -0.00000103. The average Bonchev–Trinajstić information content (AvgIpc) is 2.96. The summed E-state index contributed by atoms with van der Waals surface area (Å²) < 4.78 is 28.7. The summed E-state index contributed by atoms with van der Waals surface area (Å²) in [7, 11) is 1.85. The molecular formula is C26H32CrO4. The van der Waals surface area contributed by atoms with Gasteiger partial charge in [0.05, 0.1) is 0 Å². The summed E-state index contributed by atoms with van der Waals surface area (Å²) in [5.74, 6) is 0. The van der Waals surface area contributed by atoms with Gasteiger partial charge in [-0.25, -0.2) is 0 Å². The molecule has 0 N–H and O–H groups in total. The van der Waals surface area contributed by atoms with Gasteiger partial charge < -0.3 is 4.74 Å². The van der Waals surface area contributed by atoms with Gasteiger partial charge in [-0.05, 0) is 47.6 Å². The monoisotopic (exact) mass is 460 g/mol. The molecule has 0 aromatic heterocycles. The number of methoxy groups -OCH3 is 1. The SMILES string of the molecule is CCCC1=CC(CCC)=CC(OC)(c2ccccc2)C(CCC)=C1.[C-]#[O+].[C-]#[O+].[C-]#[O+].[Cr]. The predicted octanol–water partition coefficient (Wildman–Crippen LogP) is 6.61. The summed E-state index contributed by atoms with van der Waals surface area (Å²) in [6, 6.07) is 10.7. The minimum atomic E-state index is -0.437. The van der Waals surface area contributed by atoms with Crippen molar-refractivity contribution in [2.45, 2.75) is 64.9 Å². The summed E-state index contributed by atoms with van der Waals surface area (Å²) in [4.78, 5) is 0. The summed E-state index contributed by atoms with van der Waals surface area (Å²) in [5.41, 5.74) is 5.01. The van der Waals surface area contributed by atoms with Crippen LogP contribution in [-0.2, 0) is 41.7 Å². The van der Waals surface area contributed by atoms with E-state index in [1.165, 1.54) is 28.7 Å². The molecule has 31 heavy (non-hydrogen) atoms. The van der Waals surface area contributed by atoms with E-state index in [9.17, 15) is 0 Å². The Kier molecular flexibility index (Phi) is 23.3. The second-order valence-electron chi connectivity index (χ2n) is 6.66. The van der Waals surface area contributed by atoms with E-state index in [1.54, 1.807) is 0 Å². The molecule has 0 saturated heterocycles. The van der Waals surface area contributed by atoms with Crippen LogP contribution in [-0.4, -0.2) is 7.11 Å². The van der Waals surface area contributed by atoms with Gasteiger partial charge in [0.15, 0.2) is 0 Å². The molecule has 0 spiro atoms. The van der Waals surface area contributed by atoms with E-state index in [-0.39, 0.29) is 17.4 Å². The normalized spacial score (nSPS) is 16.4. The van der Waals surface area contributed by atoms with Crippen LogP contribution >= 0.6 is 0 Å². The summed E-state index contributed by atoms with van der Waals surface area (Å²) in [5, 5.41) is 0. The van der Waals surface area contributed by atoms with Crippen molar-refractivity contribution >= 4 is 0 Å². The molecule has 4 nitrogen and oxygen atoms in total. The number of benzene rings is 1. The Labute approximate surface area is 198 Å². The molecule has 1 atom stereocenters. The minimum absolute atomic E-state index is 0. The molecule has 0 radical (unpaired) electrons. The number of rotatable bonds is 8. The molecule has 0 bridgehead atoms. The second kappa shape index (κ2) is 21.4. The Morgan fingerprint density at radius 1 is 0.742 bits per heavy atom. The molecule has 0 aliphatic heterocycles. The number of ether oxygens (including phenoxy) is 1. The van der Waals surface area contributed by atoms with Crippen molar-refractivity contribution in [1.82, 2.24) is 0 Å². The number of hydrogen-bond acceptors (Lipinski definition) is 1. The molecule has 0 heterocycles. The predicted molar refractivity (Wildman–Crippen MR) is 116 cm³/mol. The largest absolute Gasteiger partial charge is 0 e. The molecule has 1 aromatic rings. The third-order valence-corrected chi connectivity index (χ3v) is 4.72. The maximum Gasteiger partial charge on any atom is 0 e. The van der Waals surface area contributed by atoms with E-state index in [0.29, 0.717) is 0 Å². The molecule has 166 valence electrons. The van der Waals surface area contributed by atoms with Crippen LogP contribution in [0.1, 0.15) is 64.9 Å². The van der Waals surface area contributed by atoms with Crippen molar-refractivity contribution in [1.29, 1.82) is 0 Å². The summed E-state index contributed by atoms with van der Waals surface area (Å²) in [6.07, 6.45) is 13.9. The van der Waals surface area contributed by atoms with Crippen molar-refractivity contribution in [2.24, 2.45) is 0 Å². The fourth-order valence-electron chi connectivity index (χ4n) is 3.66. The maximum atomic E-state index is 7.50. The fraction of sp³-hybridized carbons (Fsp3) is 0.423. The second-order valence-corrected chi connectivity index (χ2v) is 6.66. The van der Waals surface area contributed by atoms with E-state index in [0.717, 1.165) is 32.1 Å². The van der Waals surface area contributed by atoms with E-state index in [1.807, 2.05) is 7.11 Å². The zero-order chi connectivity index (χ0) is 23.4. The van der Waals surface area contributed by atoms with Crippen LogP contribution in [0, 0.1) is 20.0 Å². The third kappa shape index (κ3) is 10.3. The van der Waals surface area contributed by atoms with Gasteiger partial charge in [0, 0.05) is 24.5 Å². The molecule has 5 heteroatoms. The van der Waals surface area contributed by atoms with Gasteiger partial charge in [-0.2, -0.15) is 0 Å². The van der Waals surface area contributed by atoms with Crippen molar-refractivity contribution in [2.75, 3.05) is 7.11 Å². The van der Waals surface area contributed by atoms with Crippen LogP contribution in [0.5, 0.6) is 0 Å². The van der Waals surface area contributed by atoms with Gasteiger partial charge >= 0.3 is 33.9 Å². The zero-order valence-corrected chi connectivity index (χ0v) is 20.2. The number of hydrogen-bond donors (Lipinski definition) is 0. The van der Waals surface area contributed by atoms with Gasteiger partial charge in [-0.1, -0.05) is 82.5 Å². The van der Waals surface area contributed by atoms with Crippen molar-refractivity contribution in [3.8, 4) is 0 Å². The smallest absolute Gasteiger partial charge is 0 e. The molecule has 1 unspecified atom stereocenters. The van der Waals surface area contributed by atoms with Crippen LogP contribution in [0.25, 0.3) is 0 Å². The fourth-order valence-corrected chi connectivity index (χ4v) is 3.66. The summed E-state index contributed by atoms with van der Waals surface area (Å²) in [6.45, 7) is 20.2. The summed E-state index contributed by atoms with van der Waals surface area (Å²) >= 11 is 0. The van der Waals surface area contributed by atoms with Crippen LogP contribution in [0.4, 0.5) is 0 Å². The first-order valence-electron chi connectivity index (χ1n) is 10.0. The quantitative estimate of drug-likeness (QED) is 0.318. The molecular weight excluding hydrogens is 428 g/mol. The third-order valence-electron chi connectivity index (χ3n) is 4.72. The van der Waals surface area contributed by atoms with E-state index in [2.05, 4.69) is 89.3 Å². The molecule has 0 saturated carbocycles. The molecule has 2 rings (SSSR count). The molecule has 0 amide bonds. The zero-order valence-electron chi connectivity index (χ0n) is 18.9. The van der Waals surface area contributed by atoms with E-state index >= 15 is 0 Å². The molecule has 1 aliphatic rings. The molecule has 0 fully saturated rings. The van der Waals surface area contributed by atoms with Crippen LogP contribution in [0.3, 0.4) is 0 Å². The van der Waals surface area contributed by atoms with Gasteiger partial charge in [-0.3, -0.25) is 0 Å². The maximum absolute atomic E-state index is 7.50.